The fourth-order valence-electron chi connectivity index (χ4n) is 1.93. The molecule has 0 fully saturated rings. The Morgan fingerprint density at radius 1 is 0.938 bits per heavy atom. The molecule has 0 bridgehead atoms. The van der Waals surface area contributed by atoms with Gasteiger partial charge >= 0.3 is 0 Å². The first-order valence-electron chi connectivity index (χ1n) is 5.48. The molecule has 0 radical (unpaired) electrons. The Labute approximate surface area is 96.4 Å². The summed E-state index contributed by atoms with van der Waals surface area (Å²) in [5.41, 5.74) is 5.99. The highest BCUT2D eigenvalue weighted by molar-refractivity contribution is 5.67. The molecule has 1 N–H and O–H groups in total. The van der Waals surface area contributed by atoms with Crippen molar-refractivity contribution >= 4 is 0 Å². The lowest BCUT2D eigenvalue weighted by Gasteiger charge is -2.07. The van der Waals surface area contributed by atoms with Crippen molar-refractivity contribution in [3.8, 4) is 11.1 Å². The number of rotatable bonds is 2. The van der Waals surface area contributed by atoms with Crippen molar-refractivity contribution in [2.45, 2.75) is 20.5 Å². The number of benzene rings is 2. The van der Waals surface area contributed by atoms with Crippen molar-refractivity contribution in [3.63, 3.8) is 0 Å². The fraction of sp³-hybridized carbons (Fsp3) is 0.200. The normalized spacial score (nSPS) is 10.4. The van der Waals surface area contributed by atoms with Gasteiger partial charge in [-0.3, -0.25) is 0 Å². The molecule has 1 nitrogen and oxygen atoms in total. The van der Waals surface area contributed by atoms with Crippen LogP contribution in [0.2, 0.25) is 0 Å². The van der Waals surface area contributed by atoms with Gasteiger partial charge in [0.1, 0.15) is 0 Å². The second-order valence-electron chi connectivity index (χ2n) is 4.17. The van der Waals surface area contributed by atoms with E-state index >= 15 is 0 Å². The zero-order valence-corrected chi connectivity index (χ0v) is 9.70. The summed E-state index contributed by atoms with van der Waals surface area (Å²) in [6.07, 6.45) is 0. The number of hydrogen-bond acceptors (Lipinski definition) is 1. The van der Waals surface area contributed by atoms with Crippen LogP contribution in [0.25, 0.3) is 11.1 Å². The van der Waals surface area contributed by atoms with Crippen LogP contribution in [-0.2, 0) is 6.61 Å². The van der Waals surface area contributed by atoms with Crippen LogP contribution in [-0.4, -0.2) is 5.11 Å². The van der Waals surface area contributed by atoms with Crippen LogP contribution < -0.4 is 0 Å². The highest BCUT2D eigenvalue weighted by Crippen LogP contribution is 2.24. The highest BCUT2D eigenvalue weighted by atomic mass is 16.3. The fourth-order valence-corrected chi connectivity index (χ4v) is 1.93. The monoisotopic (exact) mass is 212 g/mol. The van der Waals surface area contributed by atoms with Gasteiger partial charge in [-0.1, -0.05) is 48.0 Å². The SMILES string of the molecule is Cc1ccc(-c2ccc(CO)cc2)c(C)c1. The lowest BCUT2D eigenvalue weighted by molar-refractivity contribution is 0.282. The Bertz CT molecular complexity index is 483. The average molecular weight is 212 g/mol. The number of aliphatic hydroxyl groups excluding tert-OH is 1. The Balaban J connectivity index is 2.42. The summed E-state index contributed by atoms with van der Waals surface area (Å²) in [6.45, 7) is 4.33. The van der Waals surface area contributed by atoms with Crippen molar-refractivity contribution in [2.75, 3.05) is 0 Å². The molecule has 1 heteroatoms. The molecule has 0 aliphatic heterocycles. The van der Waals surface area contributed by atoms with E-state index in [4.69, 9.17) is 5.11 Å². The van der Waals surface area contributed by atoms with Gasteiger partial charge in [0.15, 0.2) is 0 Å². The summed E-state index contributed by atoms with van der Waals surface area (Å²) in [4.78, 5) is 0. The van der Waals surface area contributed by atoms with E-state index in [1.165, 1.54) is 22.3 Å². The molecular formula is C15H16O. The largest absolute Gasteiger partial charge is 0.392 e. The molecule has 0 atom stereocenters. The van der Waals surface area contributed by atoms with Crippen LogP contribution in [0.5, 0.6) is 0 Å². The smallest absolute Gasteiger partial charge is 0.0681 e. The van der Waals surface area contributed by atoms with Gasteiger partial charge in [0.25, 0.3) is 0 Å². The summed E-state index contributed by atoms with van der Waals surface area (Å²) in [6, 6.07) is 14.5. The first-order valence-corrected chi connectivity index (χ1v) is 5.48. The molecule has 0 aromatic heterocycles. The molecule has 16 heavy (non-hydrogen) atoms. The van der Waals surface area contributed by atoms with Gasteiger partial charge < -0.3 is 5.11 Å². The molecule has 0 aliphatic rings. The van der Waals surface area contributed by atoms with Crippen LogP contribution in [0.1, 0.15) is 16.7 Å². The zero-order valence-electron chi connectivity index (χ0n) is 9.70. The van der Waals surface area contributed by atoms with E-state index in [1.54, 1.807) is 0 Å². The van der Waals surface area contributed by atoms with Gasteiger partial charge in [0, 0.05) is 0 Å². The molecule has 2 aromatic rings. The van der Waals surface area contributed by atoms with Crippen molar-refractivity contribution < 1.29 is 5.11 Å². The lowest BCUT2D eigenvalue weighted by atomic mass is 9.98. The maximum Gasteiger partial charge on any atom is 0.0681 e. The third-order valence-corrected chi connectivity index (χ3v) is 2.83. The quantitative estimate of drug-likeness (QED) is 0.808. The average Bonchev–Trinajstić information content (AvgIpc) is 2.29. The summed E-state index contributed by atoms with van der Waals surface area (Å²) < 4.78 is 0. The van der Waals surface area contributed by atoms with Crippen molar-refractivity contribution in [1.29, 1.82) is 0 Å². The molecule has 0 unspecified atom stereocenters. The Kier molecular flexibility index (Phi) is 3.07. The highest BCUT2D eigenvalue weighted by Gasteiger charge is 2.01. The molecule has 0 spiro atoms. The summed E-state index contributed by atoms with van der Waals surface area (Å²) >= 11 is 0. The van der Waals surface area contributed by atoms with Gasteiger partial charge in [-0.15, -0.1) is 0 Å². The zero-order chi connectivity index (χ0) is 11.5. The van der Waals surface area contributed by atoms with Crippen molar-refractivity contribution in [1.82, 2.24) is 0 Å². The van der Waals surface area contributed by atoms with Crippen LogP contribution in [0.4, 0.5) is 0 Å². The van der Waals surface area contributed by atoms with Gasteiger partial charge in [0.05, 0.1) is 6.61 Å². The minimum Gasteiger partial charge on any atom is -0.392 e. The Hall–Kier alpha value is -1.60. The summed E-state index contributed by atoms with van der Waals surface area (Å²) in [5.74, 6) is 0. The predicted octanol–water partition coefficient (Wildman–Crippen LogP) is 3.46. The van der Waals surface area contributed by atoms with Crippen molar-refractivity contribution in [2.24, 2.45) is 0 Å². The Morgan fingerprint density at radius 3 is 2.19 bits per heavy atom. The number of hydrogen-bond donors (Lipinski definition) is 1. The summed E-state index contributed by atoms with van der Waals surface area (Å²) in [5, 5.41) is 8.99. The van der Waals surface area contributed by atoms with Crippen LogP contribution >= 0.6 is 0 Å². The van der Waals surface area contributed by atoms with Gasteiger partial charge in [-0.05, 0) is 36.1 Å². The maximum atomic E-state index is 8.99. The van der Waals surface area contributed by atoms with Crippen LogP contribution in [0.15, 0.2) is 42.5 Å². The minimum absolute atomic E-state index is 0.104. The third kappa shape index (κ3) is 2.15. The molecule has 0 heterocycles. The van der Waals surface area contributed by atoms with Gasteiger partial charge in [-0.25, -0.2) is 0 Å². The molecule has 2 rings (SSSR count). The van der Waals surface area contributed by atoms with E-state index in [2.05, 4.69) is 44.2 Å². The van der Waals surface area contributed by atoms with Gasteiger partial charge in [0.2, 0.25) is 0 Å². The van der Waals surface area contributed by atoms with E-state index in [-0.39, 0.29) is 6.61 Å². The molecule has 0 saturated heterocycles. The van der Waals surface area contributed by atoms with E-state index in [0.29, 0.717) is 0 Å². The molecule has 0 saturated carbocycles. The standard InChI is InChI=1S/C15H16O/c1-11-3-8-15(12(2)9-11)14-6-4-13(10-16)5-7-14/h3-9,16H,10H2,1-2H3. The molecule has 82 valence electrons. The topological polar surface area (TPSA) is 20.2 Å². The van der Waals surface area contributed by atoms with E-state index < -0.39 is 0 Å². The van der Waals surface area contributed by atoms with Crippen molar-refractivity contribution in [3.05, 3.63) is 59.2 Å². The van der Waals surface area contributed by atoms with Crippen LogP contribution in [0.3, 0.4) is 0 Å². The second-order valence-corrected chi connectivity index (χ2v) is 4.17. The molecular weight excluding hydrogens is 196 g/mol. The van der Waals surface area contributed by atoms with Crippen LogP contribution in [0, 0.1) is 13.8 Å². The minimum atomic E-state index is 0.104. The first kappa shape index (κ1) is 10.9. The number of aryl methyl sites for hydroxylation is 2. The Morgan fingerprint density at radius 2 is 1.62 bits per heavy atom. The first-order chi connectivity index (χ1) is 7.70. The summed E-state index contributed by atoms with van der Waals surface area (Å²) in [7, 11) is 0. The number of aliphatic hydroxyl groups is 1. The van der Waals surface area contributed by atoms with E-state index in [9.17, 15) is 0 Å². The molecule has 0 aliphatic carbocycles. The lowest BCUT2D eigenvalue weighted by Crippen LogP contribution is -1.86. The van der Waals surface area contributed by atoms with E-state index in [0.717, 1.165) is 5.56 Å². The predicted molar refractivity (Wildman–Crippen MR) is 67.3 cm³/mol. The second kappa shape index (κ2) is 4.50. The third-order valence-electron chi connectivity index (χ3n) is 2.83. The van der Waals surface area contributed by atoms with Gasteiger partial charge in [-0.2, -0.15) is 0 Å². The molecule has 0 amide bonds. The maximum absolute atomic E-state index is 8.99. The molecule has 2 aromatic carbocycles. The van der Waals surface area contributed by atoms with E-state index in [1.807, 2.05) is 12.1 Å².